The molecule has 1 aromatic heterocycles. The van der Waals surface area contributed by atoms with E-state index in [1.54, 1.807) is 13.4 Å². The minimum atomic E-state index is 0.486. The molecule has 0 unspecified atom stereocenters. The molecule has 4 heteroatoms. The molecule has 22 heavy (non-hydrogen) atoms. The monoisotopic (exact) mass is 294 g/mol. The number of hydrogen-bond acceptors (Lipinski definition) is 3. The van der Waals surface area contributed by atoms with Crippen molar-refractivity contribution in [1.82, 2.24) is 9.97 Å². The van der Waals surface area contributed by atoms with Gasteiger partial charge in [0, 0.05) is 5.92 Å². The van der Waals surface area contributed by atoms with E-state index in [-0.39, 0.29) is 0 Å². The number of nitrogens with one attached hydrogen (secondary N) is 1. The van der Waals surface area contributed by atoms with E-state index in [1.165, 1.54) is 11.1 Å². The summed E-state index contributed by atoms with van der Waals surface area (Å²) in [7, 11) is 1.69. The van der Waals surface area contributed by atoms with E-state index < -0.39 is 0 Å². The van der Waals surface area contributed by atoms with Crippen LogP contribution in [0.1, 0.15) is 11.1 Å². The van der Waals surface area contributed by atoms with E-state index in [9.17, 15) is 0 Å². The molecule has 0 bridgehead atoms. The van der Waals surface area contributed by atoms with Crippen LogP contribution in [0.25, 0.3) is 11.0 Å². The summed E-state index contributed by atoms with van der Waals surface area (Å²) in [6, 6.07) is 12.5. The molecule has 2 heterocycles. The molecule has 2 aromatic carbocycles. The summed E-state index contributed by atoms with van der Waals surface area (Å²) in [5.41, 5.74) is 4.66. The number of para-hydroxylation sites is 1. The van der Waals surface area contributed by atoms with Gasteiger partial charge in [0.1, 0.15) is 0 Å². The van der Waals surface area contributed by atoms with E-state index >= 15 is 0 Å². The summed E-state index contributed by atoms with van der Waals surface area (Å²) in [5, 5.41) is 0. The molecule has 3 aromatic rings. The molecule has 1 aliphatic heterocycles. The van der Waals surface area contributed by atoms with Crippen LogP contribution in [-0.4, -0.2) is 23.7 Å². The van der Waals surface area contributed by atoms with E-state index in [1.807, 2.05) is 12.1 Å². The molecule has 0 radical (unpaired) electrons. The van der Waals surface area contributed by atoms with Crippen molar-refractivity contribution in [3.63, 3.8) is 0 Å². The van der Waals surface area contributed by atoms with Gasteiger partial charge in [-0.25, -0.2) is 4.98 Å². The van der Waals surface area contributed by atoms with Crippen molar-refractivity contribution in [2.45, 2.75) is 12.8 Å². The summed E-state index contributed by atoms with van der Waals surface area (Å²) < 4.78 is 11.3. The van der Waals surface area contributed by atoms with Crippen LogP contribution >= 0.6 is 0 Å². The summed E-state index contributed by atoms with van der Waals surface area (Å²) in [4.78, 5) is 7.43. The lowest BCUT2D eigenvalue weighted by atomic mass is 9.90. The van der Waals surface area contributed by atoms with Gasteiger partial charge in [0.25, 0.3) is 0 Å². The van der Waals surface area contributed by atoms with Gasteiger partial charge in [-0.1, -0.05) is 18.2 Å². The number of ether oxygens (including phenoxy) is 2. The van der Waals surface area contributed by atoms with Crippen molar-refractivity contribution in [3.8, 4) is 11.5 Å². The van der Waals surface area contributed by atoms with Gasteiger partial charge < -0.3 is 14.5 Å². The maximum atomic E-state index is 5.96. The van der Waals surface area contributed by atoms with Gasteiger partial charge in [-0.05, 0) is 42.2 Å². The third-order valence-electron chi connectivity index (χ3n) is 4.26. The molecule has 1 aliphatic rings. The molecule has 1 N–H and O–H groups in total. The molecule has 0 spiro atoms. The fraction of sp³-hybridized carbons (Fsp3) is 0.278. The van der Waals surface area contributed by atoms with Crippen LogP contribution in [0.5, 0.6) is 11.5 Å². The number of imidazole rings is 1. The summed E-state index contributed by atoms with van der Waals surface area (Å²) >= 11 is 0. The number of H-pyrrole nitrogens is 1. The highest BCUT2D eigenvalue weighted by atomic mass is 16.5. The lowest BCUT2D eigenvalue weighted by molar-refractivity contribution is 0.211. The Hall–Kier alpha value is -2.49. The number of rotatable bonds is 3. The first-order valence-electron chi connectivity index (χ1n) is 7.54. The fourth-order valence-corrected chi connectivity index (χ4v) is 3.19. The van der Waals surface area contributed by atoms with E-state index in [2.05, 4.69) is 34.2 Å². The van der Waals surface area contributed by atoms with Gasteiger partial charge in [-0.2, -0.15) is 0 Å². The molecule has 4 rings (SSSR count). The molecule has 0 saturated heterocycles. The molecule has 0 fully saturated rings. The third kappa shape index (κ3) is 2.30. The van der Waals surface area contributed by atoms with E-state index in [0.29, 0.717) is 5.92 Å². The average Bonchev–Trinajstić information content (AvgIpc) is 3.01. The number of hydrogen-bond donors (Lipinski definition) is 1. The molecular weight excluding hydrogens is 276 g/mol. The fourth-order valence-electron chi connectivity index (χ4n) is 3.19. The van der Waals surface area contributed by atoms with Crippen molar-refractivity contribution >= 4 is 11.0 Å². The van der Waals surface area contributed by atoms with Gasteiger partial charge in [0.2, 0.25) is 0 Å². The van der Waals surface area contributed by atoms with Crippen LogP contribution in [0.2, 0.25) is 0 Å². The Labute approximate surface area is 129 Å². The smallest absolute Gasteiger partial charge is 0.164 e. The van der Waals surface area contributed by atoms with Crippen LogP contribution in [0.4, 0.5) is 0 Å². The largest absolute Gasteiger partial charge is 0.493 e. The standard InChI is InChI=1S/C18H18N2O2/c1-21-17-4-2-3-14-8-13(10-22-18(14)17)7-12-5-6-15-16(9-12)20-11-19-15/h2-6,9,11,13H,7-8,10H2,1H3,(H,19,20)/t13-/m1/s1. The normalized spacial score (nSPS) is 17.0. The van der Waals surface area contributed by atoms with Crippen LogP contribution in [0.15, 0.2) is 42.7 Å². The maximum Gasteiger partial charge on any atom is 0.164 e. The quantitative estimate of drug-likeness (QED) is 0.805. The Bertz CT molecular complexity index is 810. The second kappa shape index (κ2) is 5.37. The summed E-state index contributed by atoms with van der Waals surface area (Å²) in [6.07, 6.45) is 3.76. The van der Waals surface area contributed by atoms with Crippen LogP contribution in [-0.2, 0) is 12.8 Å². The SMILES string of the molecule is COc1cccc2c1OC[C@H](Cc1ccc3nc[nH]c3c1)C2. The van der Waals surface area contributed by atoms with Crippen molar-refractivity contribution in [1.29, 1.82) is 0 Å². The van der Waals surface area contributed by atoms with Gasteiger partial charge in [0.05, 0.1) is 31.1 Å². The maximum absolute atomic E-state index is 5.96. The highest BCUT2D eigenvalue weighted by molar-refractivity contribution is 5.75. The molecular formula is C18H18N2O2. The highest BCUT2D eigenvalue weighted by Crippen LogP contribution is 2.36. The predicted octanol–water partition coefficient (Wildman–Crippen LogP) is 3.37. The molecule has 112 valence electrons. The Morgan fingerprint density at radius 2 is 2.27 bits per heavy atom. The Kier molecular flexibility index (Phi) is 3.22. The second-order valence-corrected chi connectivity index (χ2v) is 5.79. The number of nitrogens with zero attached hydrogens (tertiary/aromatic N) is 1. The average molecular weight is 294 g/mol. The molecule has 0 amide bonds. The van der Waals surface area contributed by atoms with Gasteiger partial charge in [0.15, 0.2) is 11.5 Å². The first kappa shape index (κ1) is 13.2. The van der Waals surface area contributed by atoms with Gasteiger partial charge in [-0.3, -0.25) is 0 Å². The summed E-state index contributed by atoms with van der Waals surface area (Å²) in [6.45, 7) is 0.731. The second-order valence-electron chi connectivity index (χ2n) is 5.79. The number of aromatic amines is 1. The summed E-state index contributed by atoms with van der Waals surface area (Å²) in [5.74, 6) is 2.22. The lowest BCUT2D eigenvalue weighted by Gasteiger charge is -2.26. The number of fused-ring (bicyclic) bond motifs is 2. The van der Waals surface area contributed by atoms with Crippen molar-refractivity contribution in [2.75, 3.05) is 13.7 Å². The first-order valence-corrected chi connectivity index (χ1v) is 7.54. The van der Waals surface area contributed by atoms with Crippen LogP contribution in [0, 0.1) is 5.92 Å². The zero-order valence-corrected chi connectivity index (χ0v) is 12.5. The zero-order valence-electron chi connectivity index (χ0n) is 12.5. The first-order chi connectivity index (χ1) is 10.8. The van der Waals surface area contributed by atoms with E-state index in [0.717, 1.165) is 42.0 Å². The Morgan fingerprint density at radius 1 is 1.32 bits per heavy atom. The zero-order chi connectivity index (χ0) is 14.9. The van der Waals surface area contributed by atoms with Crippen molar-refractivity contribution < 1.29 is 9.47 Å². The number of aromatic nitrogens is 2. The molecule has 1 atom stereocenters. The predicted molar refractivity (Wildman–Crippen MR) is 85.5 cm³/mol. The lowest BCUT2D eigenvalue weighted by Crippen LogP contribution is -2.23. The molecule has 0 saturated carbocycles. The Morgan fingerprint density at radius 3 is 3.18 bits per heavy atom. The van der Waals surface area contributed by atoms with Crippen LogP contribution < -0.4 is 9.47 Å². The Balaban J connectivity index is 1.54. The molecule has 4 nitrogen and oxygen atoms in total. The minimum absolute atomic E-state index is 0.486. The highest BCUT2D eigenvalue weighted by Gasteiger charge is 2.22. The number of benzene rings is 2. The van der Waals surface area contributed by atoms with Gasteiger partial charge >= 0.3 is 0 Å². The minimum Gasteiger partial charge on any atom is -0.493 e. The van der Waals surface area contributed by atoms with E-state index in [4.69, 9.17) is 9.47 Å². The van der Waals surface area contributed by atoms with Crippen LogP contribution in [0.3, 0.4) is 0 Å². The van der Waals surface area contributed by atoms with Crippen molar-refractivity contribution in [2.24, 2.45) is 5.92 Å². The van der Waals surface area contributed by atoms with Gasteiger partial charge in [-0.15, -0.1) is 0 Å². The number of methoxy groups -OCH3 is 1. The third-order valence-corrected chi connectivity index (χ3v) is 4.26. The van der Waals surface area contributed by atoms with Crippen molar-refractivity contribution in [3.05, 3.63) is 53.9 Å². The molecule has 0 aliphatic carbocycles. The topological polar surface area (TPSA) is 47.1 Å².